The van der Waals surface area contributed by atoms with Crippen LogP contribution in [0.4, 0.5) is 5.95 Å². The molecule has 2 aliphatic rings. The molecule has 0 bridgehead atoms. The van der Waals surface area contributed by atoms with E-state index in [0.29, 0.717) is 65.4 Å². The maximum atomic E-state index is 13.0. The Balaban J connectivity index is 1.14. The number of pyridine rings is 1. The van der Waals surface area contributed by atoms with E-state index in [2.05, 4.69) is 36.3 Å². The molecule has 0 saturated carbocycles. The van der Waals surface area contributed by atoms with Crippen molar-refractivity contribution in [2.75, 3.05) is 57.4 Å². The highest BCUT2D eigenvalue weighted by atomic mass is 35.5. The van der Waals surface area contributed by atoms with Gasteiger partial charge in [0.2, 0.25) is 5.95 Å². The molecule has 0 radical (unpaired) electrons. The van der Waals surface area contributed by atoms with Gasteiger partial charge in [0.1, 0.15) is 18.4 Å². The van der Waals surface area contributed by atoms with Crippen molar-refractivity contribution in [3.05, 3.63) is 70.2 Å². The van der Waals surface area contributed by atoms with Crippen molar-refractivity contribution < 1.29 is 14.3 Å². The maximum absolute atomic E-state index is 13.0. The van der Waals surface area contributed by atoms with Crippen molar-refractivity contribution in [3.63, 3.8) is 0 Å². The molecule has 5 heterocycles. The van der Waals surface area contributed by atoms with E-state index in [4.69, 9.17) is 32.7 Å². The van der Waals surface area contributed by atoms with Gasteiger partial charge in [-0.15, -0.1) is 0 Å². The zero-order valence-electron chi connectivity index (χ0n) is 24.3. The molecule has 3 aromatic heterocycles. The average Bonchev–Trinajstić information content (AvgIpc) is 3.45. The number of benzene rings is 1. The van der Waals surface area contributed by atoms with Crippen LogP contribution in [0.15, 0.2) is 49.1 Å². The standard InChI is InChI=1S/C31H32Cl2N8O3/c1-31(38-29(42)27-25(32)3-2-4-26(27)33)5-7-40(8-6-31)30-35-17-22(18-36-30)24-15-23(20-41-28(24)21(16-34)19-37-41)44-14-11-39-9-12-43-13-10-39/h2-4,15,17-20H,5-14H2,1H3,(H,38,42). The van der Waals surface area contributed by atoms with Gasteiger partial charge in [0.05, 0.1) is 52.3 Å². The van der Waals surface area contributed by atoms with Gasteiger partial charge >= 0.3 is 0 Å². The first kappa shape index (κ1) is 30.1. The van der Waals surface area contributed by atoms with Crippen molar-refractivity contribution in [1.29, 1.82) is 5.26 Å². The SMILES string of the molecule is CC1(NC(=O)c2c(Cl)cccc2Cl)CCN(c2ncc(-c3cc(OCCN4CCOCC4)cn4ncc(C#N)c34)cn2)CC1. The number of halogens is 2. The second-order valence-electron chi connectivity index (χ2n) is 11.2. The Kier molecular flexibility index (Phi) is 8.86. The summed E-state index contributed by atoms with van der Waals surface area (Å²) in [7, 11) is 0. The number of piperidine rings is 1. The summed E-state index contributed by atoms with van der Waals surface area (Å²) in [4.78, 5) is 26.8. The van der Waals surface area contributed by atoms with Crippen molar-refractivity contribution in [2.45, 2.75) is 25.3 Å². The number of aromatic nitrogens is 4. The minimum Gasteiger partial charge on any atom is -0.491 e. The maximum Gasteiger partial charge on any atom is 0.254 e. The lowest BCUT2D eigenvalue weighted by Crippen LogP contribution is -2.53. The molecule has 1 N–H and O–H groups in total. The fraction of sp³-hybridized carbons (Fsp3) is 0.387. The van der Waals surface area contributed by atoms with E-state index < -0.39 is 5.54 Å². The van der Waals surface area contributed by atoms with E-state index in [1.165, 1.54) is 0 Å². The Morgan fingerprint density at radius 1 is 1.11 bits per heavy atom. The Morgan fingerprint density at radius 3 is 2.50 bits per heavy atom. The number of anilines is 1. The number of hydrogen-bond acceptors (Lipinski definition) is 9. The summed E-state index contributed by atoms with van der Waals surface area (Å²) in [6.07, 6.45) is 8.25. The molecule has 2 aliphatic heterocycles. The first-order valence-electron chi connectivity index (χ1n) is 14.5. The zero-order chi connectivity index (χ0) is 30.7. The Hall–Kier alpha value is -3.95. The molecule has 13 heteroatoms. The van der Waals surface area contributed by atoms with Crippen molar-refractivity contribution in [3.8, 4) is 22.9 Å². The van der Waals surface area contributed by atoms with E-state index >= 15 is 0 Å². The first-order valence-corrected chi connectivity index (χ1v) is 15.3. The van der Waals surface area contributed by atoms with Crippen LogP contribution in [0.3, 0.4) is 0 Å². The molecule has 2 saturated heterocycles. The van der Waals surface area contributed by atoms with E-state index in [-0.39, 0.29) is 11.5 Å². The van der Waals surface area contributed by atoms with E-state index in [0.717, 1.165) is 44.0 Å². The van der Waals surface area contributed by atoms with Crippen molar-refractivity contribution in [2.24, 2.45) is 0 Å². The Bertz CT molecular complexity index is 1670. The third kappa shape index (κ3) is 6.44. The number of nitrogens with one attached hydrogen (secondary N) is 1. The Morgan fingerprint density at radius 2 is 1.82 bits per heavy atom. The van der Waals surface area contributed by atoms with Gasteiger partial charge in [-0.25, -0.2) is 14.5 Å². The second kappa shape index (κ2) is 13.0. The molecule has 1 amide bonds. The summed E-state index contributed by atoms with van der Waals surface area (Å²) in [5.74, 6) is 0.958. The molecule has 4 aromatic rings. The van der Waals surface area contributed by atoms with Gasteiger partial charge in [-0.3, -0.25) is 9.69 Å². The molecule has 2 fully saturated rings. The van der Waals surface area contributed by atoms with E-state index in [1.807, 2.05) is 13.0 Å². The predicted octanol–water partition coefficient (Wildman–Crippen LogP) is 4.47. The summed E-state index contributed by atoms with van der Waals surface area (Å²) in [6.45, 7) is 7.92. The minimum atomic E-state index is -0.431. The van der Waals surface area contributed by atoms with Gasteiger partial charge in [-0.05, 0) is 38.0 Å². The lowest BCUT2D eigenvalue weighted by molar-refractivity contribution is 0.0322. The van der Waals surface area contributed by atoms with E-state index in [9.17, 15) is 10.1 Å². The number of nitriles is 1. The third-order valence-corrected chi connectivity index (χ3v) is 8.82. The lowest BCUT2D eigenvalue weighted by atomic mass is 9.89. The molecular formula is C31H32Cl2N8O3. The monoisotopic (exact) mass is 634 g/mol. The van der Waals surface area contributed by atoms with Crippen LogP contribution in [-0.2, 0) is 4.74 Å². The van der Waals surface area contributed by atoms with Gasteiger partial charge < -0.3 is 19.7 Å². The molecule has 0 aliphatic carbocycles. The number of morpholine rings is 1. The van der Waals surface area contributed by atoms with Crippen LogP contribution >= 0.6 is 23.2 Å². The molecule has 44 heavy (non-hydrogen) atoms. The number of rotatable bonds is 8. The van der Waals surface area contributed by atoms with Gasteiger partial charge in [0, 0.05) is 61.8 Å². The topological polar surface area (TPSA) is 121 Å². The quantitative estimate of drug-likeness (QED) is 0.299. The van der Waals surface area contributed by atoms with Crippen LogP contribution in [0.25, 0.3) is 16.6 Å². The van der Waals surface area contributed by atoms with Crippen LogP contribution in [-0.4, -0.2) is 88.5 Å². The van der Waals surface area contributed by atoms with Crippen LogP contribution in [0, 0.1) is 11.3 Å². The molecule has 0 unspecified atom stereocenters. The number of carbonyl (C=O) groups excluding carboxylic acids is 1. The molecule has 0 atom stereocenters. The summed E-state index contributed by atoms with van der Waals surface area (Å²) in [6, 6.07) is 9.17. The smallest absolute Gasteiger partial charge is 0.254 e. The lowest BCUT2D eigenvalue weighted by Gasteiger charge is -2.40. The van der Waals surface area contributed by atoms with Gasteiger partial charge in [0.25, 0.3) is 5.91 Å². The number of carbonyl (C=O) groups is 1. The number of ether oxygens (including phenoxy) is 2. The summed E-state index contributed by atoms with van der Waals surface area (Å²) in [5.41, 5.74) is 2.50. The van der Waals surface area contributed by atoms with Gasteiger partial charge in [-0.2, -0.15) is 10.4 Å². The van der Waals surface area contributed by atoms with Crippen LogP contribution in [0.5, 0.6) is 5.75 Å². The fourth-order valence-corrected chi connectivity index (χ4v) is 6.16. The Labute approximate surface area is 265 Å². The number of nitrogens with zero attached hydrogens (tertiary/aromatic N) is 7. The van der Waals surface area contributed by atoms with Gasteiger partial charge in [0.15, 0.2) is 0 Å². The minimum absolute atomic E-state index is 0.285. The van der Waals surface area contributed by atoms with E-state index in [1.54, 1.807) is 47.5 Å². The fourth-order valence-electron chi connectivity index (χ4n) is 5.60. The highest BCUT2D eigenvalue weighted by molar-refractivity contribution is 6.39. The van der Waals surface area contributed by atoms with Crippen molar-refractivity contribution in [1.82, 2.24) is 29.8 Å². The largest absolute Gasteiger partial charge is 0.491 e. The van der Waals surface area contributed by atoms with Crippen LogP contribution in [0.1, 0.15) is 35.7 Å². The molecule has 1 aromatic carbocycles. The molecule has 6 rings (SSSR count). The van der Waals surface area contributed by atoms with Crippen LogP contribution < -0.4 is 15.0 Å². The molecule has 11 nitrogen and oxygen atoms in total. The zero-order valence-corrected chi connectivity index (χ0v) is 25.8. The highest BCUT2D eigenvalue weighted by Gasteiger charge is 2.33. The summed E-state index contributed by atoms with van der Waals surface area (Å²) in [5, 5.41) is 17.9. The predicted molar refractivity (Wildman–Crippen MR) is 167 cm³/mol. The molecular weight excluding hydrogens is 603 g/mol. The van der Waals surface area contributed by atoms with Crippen LogP contribution in [0.2, 0.25) is 10.0 Å². The summed E-state index contributed by atoms with van der Waals surface area (Å²) < 4.78 is 13.2. The first-order chi connectivity index (χ1) is 21.3. The number of hydrogen-bond donors (Lipinski definition) is 1. The molecule has 0 spiro atoms. The summed E-state index contributed by atoms with van der Waals surface area (Å²) >= 11 is 12.5. The average molecular weight is 636 g/mol. The van der Waals surface area contributed by atoms with Crippen molar-refractivity contribution >= 4 is 40.6 Å². The van der Waals surface area contributed by atoms with Gasteiger partial charge in [-0.1, -0.05) is 29.3 Å². The molecule has 228 valence electrons. The second-order valence-corrected chi connectivity index (χ2v) is 12.0. The number of amides is 1. The third-order valence-electron chi connectivity index (χ3n) is 8.19. The normalized spacial score (nSPS) is 16.9. The highest BCUT2D eigenvalue weighted by Crippen LogP contribution is 2.32. The number of fused-ring (bicyclic) bond motifs is 1.